The summed E-state index contributed by atoms with van der Waals surface area (Å²) in [7, 11) is 0. The van der Waals surface area contributed by atoms with Gasteiger partial charge in [0.15, 0.2) is 0 Å². The fourth-order valence-corrected chi connectivity index (χ4v) is 2.30. The van der Waals surface area contributed by atoms with Crippen LogP contribution in [-0.4, -0.2) is 15.2 Å². The van der Waals surface area contributed by atoms with Crippen LogP contribution in [0.5, 0.6) is 0 Å². The van der Waals surface area contributed by atoms with Crippen LogP contribution in [0.25, 0.3) is 11.3 Å². The molecule has 0 saturated heterocycles. The summed E-state index contributed by atoms with van der Waals surface area (Å²) in [6.07, 6.45) is 3.61. The third-order valence-electron chi connectivity index (χ3n) is 2.55. The molecule has 0 amide bonds. The van der Waals surface area contributed by atoms with Gasteiger partial charge in [0.05, 0.1) is 5.69 Å². The Bertz CT molecular complexity index is 462. The number of nitrogens with one attached hydrogen (secondary N) is 1. The molecule has 84 valence electrons. The van der Waals surface area contributed by atoms with E-state index in [1.165, 1.54) is 11.3 Å². The van der Waals surface area contributed by atoms with Gasteiger partial charge in [0.25, 0.3) is 0 Å². The summed E-state index contributed by atoms with van der Waals surface area (Å²) < 4.78 is 0. The topological polar surface area (TPSA) is 41.6 Å². The highest BCUT2D eigenvalue weighted by Crippen LogP contribution is 2.28. The van der Waals surface area contributed by atoms with Crippen LogP contribution in [0, 0.1) is 0 Å². The van der Waals surface area contributed by atoms with E-state index in [1.54, 1.807) is 6.20 Å². The number of nitrogens with zero attached hydrogens (tertiary/aromatic N) is 2. The normalized spacial score (nSPS) is 11.0. The average Bonchev–Trinajstić information content (AvgIpc) is 2.73. The van der Waals surface area contributed by atoms with Crippen molar-refractivity contribution in [1.82, 2.24) is 15.2 Å². The lowest BCUT2D eigenvalue weighted by atomic mass is 10.0. The van der Waals surface area contributed by atoms with Crippen LogP contribution in [0.3, 0.4) is 0 Å². The molecule has 0 aromatic carbocycles. The molecule has 3 nitrogen and oxygen atoms in total. The Labute approximate surface area is 103 Å². The molecule has 0 aliphatic rings. The van der Waals surface area contributed by atoms with E-state index in [-0.39, 0.29) is 0 Å². The fourth-order valence-electron chi connectivity index (χ4n) is 1.73. The van der Waals surface area contributed by atoms with Gasteiger partial charge in [-0.1, -0.05) is 29.8 Å². The van der Waals surface area contributed by atoms with Crippen molar-refractivity contribution < 1.29 is 0 Å². The van der Waals surface area contributed by atoms with Crippen molar-refractivity contribution >= 4 is 15.9 Å². The van der Waals surface area contributed by atoms with E-state index in [1.807, 2.05) is 18.3 Å². The van der Waals surface area contributed by atoms with Crippen LogP contribution in [0.2, 0.25) is 0 Å². The van der Waals surface area contributed by atoms with E-state index < -0.39 is 0 Å². The first-order valence-corrected chi connectivity index (χ1v) is 6.39. The van der Waals surface area contributed by atoms with Crippen molar-refractivity contribution in [3.05, 3.63) is 35.8 Å². The molecule has 0 bridgehead atoms. The molecule has 2 rings (SSSR count). The predicted molar refractivity (Wildman–Crippen MR) is 68.5 cm³/mol. The number of pyridine rings is 1. The minimum Gasteiger partial charge on any atom is -0.281 e. The lowest BCUT2D eigenvalue weighted by Crippen LogP contribution is -1.92. The van der Waals surface area contributed by atoms with Crippen molar-refractivity contribution in [2.45, 2.75) is 25.1 Å². The van der Waals surface area contributed by atoms with E-state index in [0.29, 0.717) is 5.92 Å². The van der Waals surface area contributed by atoms with Gasteiger partial charge < -0.3 is 0 Å². The Kier molecular flexibility index (Phi) is 3.39. The summed E-state index contributed by atoms with van der Waals surface area (Å²) in [6.45, 7) is 4.32. The monoisotopic (exact) mass is 279 g/mol. The van der Waals surface area contributed by atoms with Crippen LogP contribution in [0.15, 0.2) is 24.5 Å². The van der Waals surface area contributed by atoms with Crippen molar-refractivity contribution in [3.8, 4) is 11.3 Å². The molecule has 0 aliphatic carbocycles. The summed E-state index contributed by atoms with van der Waals surface area (Å²) in [5.74, 6) is 0.450. The van der Waals surface area contributed by atoms with Gasteiger partial charge >= 0.3 is 0 Å². The predicted octanol–water partition coefficient (Wildman–Crippen LogP) is 3.49. The standard InChI is InChI=1S/C12H14BrN3/c1-8(2)11-10(6-13)12(16-15-11)9-4-3-5-14-7-9/h3-5,7-8H,6H2,1-2H3,(H,15,16). The number of H-pyrrole nitrogens is 1. The largest absolute Gasteiger partial charge is 0.281 e. The van der Waals surface area contributed by atoms with Crippen LogP contribution < -0.4 is 0 Å². The number of aromatic amines is 1. The third kappa shape index (κ3) is 2.02. The van der Waals surface area contributed by atoms with Gasteiger partial charge in [-0.3, -0.25) is 10.1 Å². The number of rotatable bonds is 3. The minimum absolute atomic E-state index is 0.450. The molecule has 2 aromatic rings. The number of alkyl halides is 1. The number of hydrogen-bond acceptors (Lipinski definition) is 2. The lowest BCUT2D eigenvalue weighted by Gasteiger charge is -2.05. The van der Waals surface area contributed by atoms with Crippen LogP contribution in [0.4, 0.5) is 0 Å². The van der Waals surface area contributed by atoms with Crippen LogP contribution >= 0.6 is 15.9 Å². The van der Waals surface area contributed by atoms with Crippen molar-refractivity contribution in [3.63, 3.8) is 0 Å². The SMILES string of the molecule is CC(C)c1[nH]nc(-c2cccnc2)c1CBr. The molecular weight excluding hydrogens is 266 g/mol. The maximum atomic E-state index is 4.38. The first-order valence-electron chi connectivity index (χ1n) is 5.27. The second-order valence-corrected chi connectivity index (χ2v) is 4.56. The van der Waals surface area contributed by atoms with Gasteiger partial charge in [0.1, 0.15) is 0 Å². The molecule has 16 heavy (non-hydrogen) atoms. The Morgan fingerprint density at radius 2 is 2.25 bits per heavy atom. The first kappa shape index (κ1) is 11.3. The van der Waals surface area contributed by atoms with E-state index in [2.05, 4.69) is 45.0 Å². The van der Waals surface area contributed by atoms with Gasteiger partial charge in [-0.05, 0) is 18.1 Å². The number of hydrogen-bond donors (Lipinski definition) is 1. The average molecular weight is 280 g/mol. The number of aromatic nitrogens is 3. The summed E-state index contributed by atoms with van der Waals surface area (Å²) in [4.78, 5) is 4.12. The van der Waals surface area contributed by atoms with Gasteiger partial charge in [0.2, 0.25) is 0 Å². The van der Waals surface area contributed by atoms with E-state index in [4.69, 9.17) is 0 Å². The number of halogens is 1. The van der Waals surface area contributed by atoms with Crippen LogP contribution in [-0.2, 0) is 5.33 Å². The zero-order chi connectivity index (χ0) is 11.5. The quantitative estimate of drug-likeness (QED) is 0.874. The van der Waals surface area contributed by atoms with Gasteiger partial charge in [-0.2, -0.15) is 5.10 Å². The maximum absolute atomic E-state index is 4.38. The van der Waals surface area contributed by atoms with Crippen LogP contribution in [0.1, 0.15) is 31.0 Å². The zero-order valence-corrected chi connectivity index (χ0v) is 11.0. The summed E-state index contributed by atoms with van der Waals surface area (Å²) >= 11 is 3.52. The Hall–Kier alpha value is -1.16. The third-order valence-corrected chi connectivity index (χ3v) is 3.11. The molecule has 0 spiro atoms. The molecule has 0 aliphatic heterocycles. The van der Waals surface area contributed by atoms with Crippen molar-refractivity contribution in [2.24, 2.45) is 0 Å². The maximum Gasteiger partial charge on any atom is 0.0979 e. The Balaban J connectivity index is 2.50. The fraction of sp³-hybridized carbons (Fsp3) is 0.333. The Morgan fingerprint density at radius 1 is 1.44 bits per heavy atom. The Morgan fingerprint density at radius 3 is 2.81 bits per heavy atom. The minimum atomic E-state index is 0.450. The molecule has 2 heterocycles. The molecule has 4 heteroatoms. The van der Waals surface area contributed by atoms with E-state index >= 15 is 0 Å². The van der Waals surface area contributed by atoms with Crippen molar-refractivity contribution in [2.75, 3.05) is 0 Å². The highest BCUT2D eigenvalue weighted by molar-refractivity contribution is 9.08. The molecule has 0 atom stereocenters. The first-order chi connectivity index (χ1) is 7.74. The molecule has 0 saturated carbocycles. The highest BCUT2D eigenvalue weighted by Gasteiger charge is 2.15. The van der Waals surface area contributed by atoms with Gasteiger partial charge in [-0.25, -0.2) is 0 Å². The summed E-state index contributed by atoms with van der Waals surface area (Å²) in [5, 5.41) is 8.31. The molecule has 0 unspecified atom stereocenters. The highest BCUT2D eigenvalue weighted by atomic mass is 79.9. The smallest absolute Gasteiger partial charge is 0.0979 e. The second kappa shape index (κ2) is 4.78. The lowest BCUT2D eigenvalue weighted by molar-refractivity contribution is 0.803. The molecule has 2 aromatic heterocycles. The molecule has 0 fully saturated rings. The summed E-state index contributed by atoms with van der Waals surface area (Å²) in [5.41, 5.74) is 4.47. The van der Waals surface area contributed by atoms with E-state index in [9.17, 15) is 0 Å². The van der Waals surface area contributed by atoms with Gasteiger partial charge in [-0.15, -0.1) is 0 Å². The zero-order valence-electron chi connectivity index (χ0n) is 9.37. The summed E-state index contributed by atoms with van der Waals surface area (Å²) in [6, 6.07) is 3.95. The molecule has 0 radical (unpaired) electrons. The second-order valence-electron chi connectivity index (χ2n) is 3.99. The van der Waals surface area contributed by atoms with E-state index in [0.717, 1.165) is 16.6 Å². The van der Waals surface area contributed by atoms with Gasteiger partial charge in [0, 0.05) is 34.5 Å². The molecular formula is C12H14BrN3. The van der Waals surface area contributed by atoms with Crippen molar-refractivity contribution in [1.29, 1.82) is 0 Å². The molecule has 1 N–H and O–H groups in total.